The lowest BCUT2D eigenvalue weighted by molar-refractivity contribution is -0.122. The predicted octanol–water partition coefficient (Wildman–Crippen LogP) is 2.28. The molecule has 3 rings (SSSR count). The Bertz CT molecular complexity index is 628. The fourth-order valence-corrected chi connectivity index (χ4v) is 3.12. The number of aromatic carboxylic acids is 1. The van der Waals surface area contributed by atoms with Gasteiger partial charge in [0.25, 0.3) is 0 Å². The molecule has 0 atom stereocenters. The van der Waals surface area contributed by atoms with Crippen molar-refractivity contribution in [3.8, 4) is 5.75 Å². The van der Waals surface area contributed by atoms with Crippen molar-refractivity contribution < 1.29 is 19.4 Å². The topological polar surface area (TPSA) is 78.9 Å². The van der Waals surface area contributed by atoms with Crippen molar-refractivity contribution in [3.63, 3.8) is 0 Å². The number of hydrogen-bond donors (Lipinski definition) is 2. The Balaban J connectivity index is 1.81. The molecule has 1 fully saturated rings. The summed E-state index contributed by atoms with van der Waals surface area (Å²) in [5.41, 5.74) is 1.17. The van der Waals surface area contributed by atoms with E-state index in [2.05, 4.69) is 10.2 Å². The Morgan fingerprint density at radius 3 is 2.84 bits per heavy atom. The molecule has 1 heterocycles. The fraction of sp³-hybridized carbons (Fsp3) is 0.579. The molecular formula is C19H26N2O4. The van der Waals surface area contributed by atoms with Crippen LogP contribution in [0.3, 0.4) is 0 Å². The number of nitrogens with one attached hydrogen (secondary N) is 1. The van der Waals surface area contributed by atoms with E-state index in [9.17, 15) is 14.7 Å². The molecule has 6 nitrogen and oxygen atoms in total. The van der Waals surface area contributed by atoms with Crippen LogP contribution in [0, 0.1) is 5.92 Å². The minimum absolute atomic E-state index is 0.0597. The van der Waals surface area contributed by atoms with Gasteiger partial charge in [0.1, 0.15) is 5.75 Å². The summed E-state index contributed by atoms with van der Waals surface area (Å²) in [6.45, 7) is 3.13. The molecule has 1 aromatic rings. The summed E-state index contributed by atoms with van der Waals surface area (Å²) in [6, 6.07) is 5.03. The van der Waals surface area contributed by atoms with Crippen LogP contribution < -0.4 is 10.1 Å². The molecule has 2 aliphatic rings. The van der Waals surface area contributed by atoms with Crippen molar-refractivity contribution in [2.75, 3.05) is 26.2 Å². The first-order chi connectivity index (χ1) is 12.1. The van der Waals surface area contributed by atoms with Crippen LogP contribution in [-0.2, 0) is 11.3 Å². The zero-order valence-electron chi connectivity index (χ0n) is 14.5. The highest BCUT2D eigenvalue weighted by Gasteiger charge is 2.26. The zero-order valence-corrected chi connectivity index (χ0v) is 14.5. The highest BCUT2D eigenvalue weighted by molar-refractivity contribution is 5.88. The maximum absolute atomic E-state index is 12.2. The maximum Gasteiger partial charge on any atom is 0.335 e. The van der Waals surface area contributed by atoms with Gasteiger partial charge in [0.05, 0.1) is 18.7 Å². The van der Waals surface area contributed by atoms with E-state index in [4.69, 9.17) is 4.74 Å². The first-order valence-electron chi connectivity index (χ1n) is 9.10. The number of carboxylic acids is 1. The molecule has 0 spiro atoms. The van der Waals surface area contributed by atoms with Crippen molar-refractivity contribution in [2.24, 2.45) is 5.92 Å². The van der Waals surface area contributed by atoms with Crippen molar-refractivity contribution in [1.82, 2.24) is 10.2 Å². The standard InChI is InChI=1S/C19H26N2O4/c22-18-13-21(11-14-4-5-14)12-16-7-6-15(19(23)24)10-17(16)25-9-3-1-2-8-20-18/h6-7,10,14H,1-5,8-9,11-13H2,(H,20,22)(H,23,24). The number of rotatable bonds is 3. The summed E-state index contributed by atoms with van der Waals surface area (Å²) in [5.74, 6) is 0.402. The summed E-state index contributed by atoms with van der Waals surface area (Å²) >= 11 is 0. The Kier molecular flexibility index (Phi) is 5.91. The SMILES string of the molecule is O=C1CN(CC2CC2)Cc2ccc(C(=O)O)cc2OCCCCCN1. The summed E-state index contributed by atoms with van der Waals surface area (Å²) in [4.78, 5) is 25.6. The van der Waals surface area contributed by atoms with Crippen LogP contribution in [0.5, 0.6) is 5.75 Å². The van der Waals surface area contributed by atoms with Gasteiger partial charge in [-0.25, -0.2) is 4.79 Å². The highest BCUT2D eigenvalue weighted by Crippen LogP contribution is 2.31. The average molecular weight is 346 g/mol. The molecule has 25 heavy (non-hydrogen) atoms. The molecule has 136 valence electrons. The van der Waals surface area contributed by atoms with Crippen molar-refractivity contribution in [3.05, 3.63) is 29.3 Å². The van der Waals surface area contributed by atoms with Crippen LogP contribution in [0.1, 0.15) is 48.0 Å². The highest BCUT2D eigenvalue weighted by atomic mass is 16.5. The van der Waals surface area contributed by atoms with Crippen LogP contribution in [0.4, 0.5) is 0 Å². The third-order valence-corrected chi connectivity index (χ3v) is 4.69. The van der Waals surface area contributed by atoms with Gasteiger partial charge in [0.15, 0.2) is 0 Å². The number of hydrogen-bond acceptors (Lipinski definition) is 4. The number of carbonyl (C=O) groups is 2. The normalized spacial score (nSPS) is 20.2. The van der Waals surface area contributed by atoms with Gasteiger partial charge in [0, 0.05) is 25.2 Å². The fourth-order valence-electron chi connectivity index (χ4n) is 3.12. The van der Waals surface area contributed by atoms with E-state index in [1.807, 2.05) is 6.07 Å². The van der Waals surface area contributed by atoms with Crippen LogP contribution in [0.25, 0.3) is 0 Å². The van der Waals surface area contributed by atoms with Crippen molar-refractivity contribution >= 4 is 11.9 Å². The van der Waals surface area contributed by atoms with E-state index in [0.717, 1.165) is 31.4 Å². The predicted molar refractivity (Wildman–Crippen MR) is 93.8 cm³/mol. The van der Waals surface area contributed by atoms with Gasteiger partial charge in [-0.3, -0.25) is 9.69 Å². The number of carboxylic acid groups (broad SMARTS) is 1. The lowest BCUT2D eigenvalue weighted by Gasteiger charge is -2.23. The minimum atomic E-state index is -0.955. The lowest BCUT2D eigenvalue weighted by atomic mass is 10.1. The van der Waals surface area contributed by atoms with Gasteiger partial charge in [-0.1, -0.05) is 6.07 Å². The van der Waals surface area contributed by atoms with Crippen LogP contribution in [0.2, 0.25) is 0 Å². The number of ether oxygens (including phenoxy) is 1. The molecule has 1 amide bonds. The smallest absolute Gasteiger partial charge is 0.335 e. The van der Waals surface area contributed by atoms with E-state index < -0.39 is 5.97 Å². The summed E-state index contributed by atoms with van der Waals surface area (Å²) < 4.78 is 5.89. The Morgan fingerprint density at radius 1 is 1.24 bits per heavy atom. The second-order valence-electron chi connectivity index (χ2n) is 7.00. The zero-order chi connectivity index (χ0) is 17.6. The molecule has 1 aliphatic heterocycles. The third-order valence-electron chi connectivity index (χ3n) is 4.69. The monoisotopic (exact) mass is 346 g/mol. The van der Waals surface area contributed by atoms with Crippen LogP contribution in [-0.4, -0.2) is 48.1 Å². The van der Waals surface area contributed by atoms with E-state index >= 15 is 0 Å². The van der Waals surface area contributed by atoms with Gasteiger partial charge < -0.3 is 15.2 Å². The summed E-state index contributed by atoms with van der Waals surface area (Å²) in [6.07, 6.45) is 5.23. The third kappa shape index (κ3) is 5.46. The van der Waals surface area contributed by atoms with Gasteiger partial charge in [0.2, 0.25) is 5.91 Å². The second kappa shape index (κ2) is 8.34. The van der Waals surface area contributed by atoms with E-state index in [1.165, 1.54) is 12.8 Å². The number of benzene rings is 1. The van der Waals surface area contributed by atoms with Gasteiger partial charge in [-0.2, -0.15) is 0 Å². The van der Waals surface area contributed by atoms with Crippen molar-refractivity contribution in [2.45, 2.75) is 38.6 Å². The molecule has 6 heteroatoms. The molecule has 1 aliphatic carbocycles. The molecule has 1 saturated carbocycles. The molecule has 2 N–H and O–H groups in total. The molecule has 0 bridgehead atoms. The quantitative estimate of drug-likeness (QED) is 0.878. The molecule has 0 radical (unpaired) electrons. The van der Waals surface area contributed by atoms with Crippen LogP contribution in [0.15, 0.2) is 18.2 Å². The maximum atomic E-state index is 12.2. The number of fused-ring (bicyclic) bond motifs is 1. The molecule has 0 saturated heterocycles. The Labute approximate surface area is 148 Å². The Hall–Kier alpha value is -2.08. The average Bonchev–Trinajstić information content (AvgIpc) is 3.38. The van der Waals surface area contributed by atoms with Crippen LogP contribution >= 0.6 is 0 Å². The second-order valence-corrected chi connectivity index (χ2v) is 7.00. The van der Waals surface area contributed by atoms with E-state index in [-0.39, 0.29) is 11.5 Å². The largest absolute Gasteiger partial charge is 0.493 e. The first kappa shape index (κ1) is 17.7. The minimum Gasteiger partial charge on any atom is -0.493 e. The lowest BCUT2D eigenvalue weighted by Crippen LogP contribution is -2.38. The number of nitrogens with zero attached hydrogens (tertiary/aromatic N) is 1. The Morgan fingerprint density at radius 2 is 2.08 bits per heavy atom. The summed E-state index contributed by atoms with van der Waals surface area (Å²) in [7, 11) is 0. The summed E-state index contributed by atoms with van der Waals surface area (Å²) in [5, 5.41) is 12.2. The first-order valence-corrected chi connectivity index (χ1v) is 9.10. The van der Waals surface area contributed by atoms with Crippen molar-refractivity contribution in [1.29, 1.82) is 0 Å². The number of amides is 1. The van der Waals surface area contributed by atoms with Gasteiger partial charge in [-0.05, 0) is 50.2 Å². The van der Waals surface area contributed by atoms with E-state index in [0.29, 0.717) is 37.9 Å². The van der Waals surface area contributed by atoms with E-state index in [1.54, 1.807) is 12.1 Å². The molecule has 0 aromatic heterocycles. The molecule has 1 aromatic carbocycles. The van der Waals surface area contributed by atoms with Gasteiger partial charge >= 0.3 is 5.97 Å². The van der Waals surface area contributed by atoms with Gasteiger partial charge in [-0.15, -0.1) is 0 Å². The molecular weight excluding hydrogens is 320 g/mol. The number of carbonyl (C=O) groups excluding carboxylic acids is 1. The molecule has 0 unspecified atom stereocenters.